The van der Waals surface area contributed by atoms with Crippen LogP contribution in [0.2, 0.25) is 0 Å². The van der Waals surface area contributed by atoms with Crippen molar-refractivity contribution in [3.8, 4) is 0 Å². The first kappa shape index (κ1) is 20.9. The van der Waals surface area contributed by atoms with Gasteiger partial charge in [-0.05, 0) is 47.0 Å². The first-order valence-electron chi connectivity index (χ1n) is 7.31. The molecule has 0 aliphatic heterocycles. The van der Waals surface area contributed by atoms with Gasteiger partial charge in [0.2, 0.25) is 0 Å². The number of rotatable bonds is 6. The highest BCUT2D eigenvalue weighted by molar-refractivity contribution is 14.0. The van der Waals surface area contributed by atoms with E-state index in [0.717, 1.165) is 18.1 Å². The van der Waals surface area contributed by atoms with Gasteiger partial charge in [-0.1, -0.05) is 12.1 Å². The summed E-state index contributed by atoms with van der Waals surface area (Å²) in [5, 5.41) is 10.6. The van der Waals surface area contributed by atoms with E-state index < -0.39 is 9.84 Å². The van der Waals surface area contributed by atoms with Gasteiger partial charge in [-0.15, -0.1) is 24.0 Å². The van der Waals surface area contributed by atoms with Gasteiger partial charge in [0, 0.05) is 19.3 Å². The molecule has 5 nitrogen and oxygen atoms in total. The van der Waals surface area contributed by atoms with Gasteiger partial charge in [0.25, 0.3) is 0 Å². The lowest BCUT2D eigenvalue weighted by Gasteiger charge is -2.11. The average molecular weight is 479 g/mol. The lowest BCUT2D eigenvalue weighted by molar-refractivity contribution is 0.602. The molecule has 0 bridgehead atoms. The summed E-state index contributed by atoms with van der Waals surface area (Å²) in [5.41, 5.74) is 2.18. The lowest BCUT2D eigenvalue weighted by Crippen LogP contribution is -2.36. The Bertz CT molecular complexity index is 742. The number of nitrogens with one attached hydrogen (secondary N) is 2. The molecule has 0 saturated carbocycles. The van der Waals surface area contributed by atoms with Crippen molar-refractivity contribution in [3.05, 3.63) is 52.2 Å². The standard InChI is InChI=1S/C16H21N3O2S2.HI/c1-3-17-16(19-11-14-8-9-22-12-14)18-10-13-4-6-15(7-5-13)23(2,20)21;/h4-9,12H,3,10-11H2,1-2H3,(H2,17,18,19);1H. The molecule has 24 heavy (non-hydrogen) atoms. The summed E-state index contributed by atoms with van der Waals surface area (Å²) in [6, 6.07) is 8.93. The van der Waals surface area contributed by atoms with Crippen molar-refractivity contribution in [2.45, 2.75) is 24.9 Å². The van der Waals surface area contributed by atoms with Crippen molar-refractivity contribution in [2.75, 3.05) is 12.8 Å². The molecule has 132 valence electrons. The van der Waals surface area contributed by atoms with Gasteiger partial charge in [-0.3, -0.25) is 0 Å². The van der Waals surface area contributed by atoms with Crippen LogP contribution in [0.3, 0.4) is 0 Å². The Morgan fingerprint density at radius 3 is 2.38 bits per heavy atom. The summed E-state index contributed by atoms with van der Waals surface area (Å²) in [7, 11) is -3.15. The molecule has 8 heteroatoms. The van der Waals surface area contributed by atoms with Crippen molar-refractivity contribution >= 4 is 51.1 Å². The molecule has 0 aliphatic rings. The Hall–Kier alpha value is -1.13. The summed E-state index contributed by atoms with van der Waals surface area (Å²) < 4.78 is 22.9. The monoisotopic (exact) mass is 479 g/mol. The highest BCUT2D eigenvalue weighted by atomic mass is 127. The maximum atomic E-state index is 11.4. The molecule has 0 amide bonds. The summed E-state index contributed by atoms with van der Waals surface area (Å²) >= 11 is 1.66. The lowest BCUT2D eigenvalue weighted by atomic mass is 10.2. The van der Waals surface area contributed by atoms with Crippen LogP contribution in [0.1, 0.15) is 18.1 Å². The Kier molecular flexibility index (Phi) is 8.71. The molecule has 2 rings (SSSR count). The SMILES string of the molecule is CCNC(=NCc1ccsc1)NCc1ccc(S(C)(=O)=O)cc1.I. The minimum absolute atomic E-state index is 0. The van der Waals surface area contributed by atoms with Crippen LogP contribution in [-0.2, 0) is 22.9 Å². The number of hydrogen-bond acceptors (Lipinski definition) is 4. The number of guanidine groups is 1. The summed E-state index contributed by atoms with van der Waals surface area (Å²) in [6.07, 6.45) is 1.21. The molecule has 1 heterocycles. The Labute approximate surface area is 164 Å². The minimum atomic E-state index is -3.15. The summed E-state index contributed by atoms with van der Waals surface area (Å²) in [5.74, 6) is 0.742. The summed E-state index contributed by atoms with van der Waals surface area (Å²) in [6.45, 7) is 4.01. The Balaban J connectivity index is 0.00000288. The van der Waals surface area contributed by atoms with Gasteiger partial charge in [0.1, 0.15) is 0 Å². The molecule has 0 fully saturated rings. The Morgan fingerprint density at radius 1 is 1.12 bits per heavy atom. The quantitative estimate of drug-likeness (QED) is 0.380. The van der Waals surface area contributed by atoms with Crippen LogP contribution in [0.5, 0.6) is 0 Å². The van der Waals surface area contributed by atoms with E-state index in [1.54, 1.807) is 23.5 Å². The third-order valence-electron chi connectivity index (χ3n) is 3.16. The zero-order chi connectivity index (χ0) is 16.7. The van der Waals surface area contributed by atoms with Crippen molar-refractivity contribution in [2.24, 2.45) is 4.99 Å². The first-order chi connectivity index (χ1) is 11.0. The van der Waals surface area contributed by atoms with Gasteiger partial charge in [-0.2, -0.15) is 11.3 Å². The van der Waals surface area contributed by atoms with Crippen molar-refractivity contribution < 1.29 is 8.42 Å². The number of thiophene rings is 1. The van der Waals surface area contributed by atoms with Gasteiger partial charge in [0.15, 0.2) is 15.8 Å². The Morgan fingerprint density at radius 2 is 1.83 bits per heavy atom. The van der Waals surface area contributed by atoms with Gasteiger partial charge < -0.3 is 10.6 Å². The van der Waals surface area contributed by atoms with Crippen LogP contribution in [0, 0.1) is 0 Å². The summed E-state index contributed by atoms with van der Waals surface area (Å²) in [4.78, 5) is 4.87. The predicted octanol–water partition coefficient (Wildman–Crippen LogP) is 3.02. The topological polar surface area (TPSA) is 70.6 Å². The normalized spacial score (nSPS) is 11.7. The number of halogens is 1. The van der Waals surface area contributed by atoms with E-state index in [4.69, 9.17) is 0 Å². The maximum absolute atomic E-state index is 11.4. The maximum Gasteiger partial charge on any atom is 0.191 e. The van der Waals surface area contributed by atoms with Gasteiger partial charge in [-0.25, -0.2) is 13.4 Å². The molecule has 1 aromatic carbocycles. The van der Waals surface area contributed by atoms with E-state index in [9.17, 15) is 8.42 Å². The molecule has 2 N–H and O–H groups in total. The molecule has 0 atom stereocenters. The number of benzene rings is 1. The number of aliphatic imine (C=N–C) groups is 1. The predicted molar refractivity (Wildman–Crippen MR) is 111 cm³/mol. The zero-order valence-electron chi connectivity index (χ0n) is 13.7. The largest absolute Gasteiger partial charge is 0.357 e. The molecule has 0 unspecified atom stereocenters. The van der Waals surface area contributed by atoms with Crippen LogP contribution in [0.15, 0.2) is 51.0 Å². The number of sulfone groups is 1. The molecule has 0 radical (unpaired) electrons. The van der Waals surface area contributed by atoms with E-state index in [1.807, 2.05) is 24.4 Å². The van der Waals surface area contributed by atoms with Gasteiger partial charge >= 0.3 is 0 Å². The van der Waals surface area contributed by atoms with E-state index in [2.05, 4.69) is 27.1 Å². The smallest absolute Gasteiger partial charge is 0.191 e. The number of nitrogens with zero attached hydrogens (tertiary/aromatic N) is 1. The molecular formula is C16H22IN3O2S2. The second kappa shape index (κ2) is 10.00. The molecule has 0 saturated heterocycles. The molecule has 0 aliphatic carbocycles. The van der Waals surface area contributed by atoms with Crippen LogP contribution in [0.25, 0.3) is 0 Å². The van der Waals surface area contributed by atoms with Crippen molar-refractivity contribution in [1.29, 1.82) is 0 Å². The van der Waals surface area contributed by atoms with Crippen LogP contribution >= 0.6 is 35.3 Å². The second-order valence-electron chi connectivity index (χ2n) is 5.10. The fourth-order valence-electron chi connectivity index (χ4n) is 1.93. The molecule has 2 aromatic rings. The number of hydrogen-bond donors (Lipinski definition) is 2. The highest BCUT2D eigenvalue weighted by Gasteiger charge is 2.06. The zero-order valence-corrected chi connectivity index (χ0v) is 17.6. The van der Waals surface area contributed by atoms with E-state index in [-0.39, 0.29) is 24.0 Å². The van der Waals surface area contributed by atoms with Crippen LogP contribution < -0.4 is 10.6 Å². The van der Waals surface area contributed by atoms with Crippen LogP contribution in [-0.4, -0.2) is 27.2 Å². The van der Waals surface area contributed by atoms with Crippen molar-refractivity contribution in [1.82, 2.24) is 10.6 Å². The molecule has 1 aromatic heterocycles. The van der Waals surface area contributed by atoms with Crippen LogP contribution in [0.4, 0.5) is 0 Å². The second-order valence-corrected chi connectivity index (χ2v) is 7.89. The first-order valence-corrected chi connectivity index (χ1v) is 10.1. The van der Waals surface area contributed by atoms with E-state index in [0.29, 0.717) is 18.0 Å². The fraction of sp³-hybridized carbons (Fsp3) is 0.312. The third-order valence-corrected chi connectivity index (χ3v) is 5.02. The van der Waals surface area contributed by atoms with Gasteiger partial charge in [0.05, 0.1) is 11.4 Å². The fourth-order valence-corrected chi connectivity index (χ4v) is 3.23. The minimum Gasteiger partial charge on any atom is -0.357 e. The highest BCUT2D eigenvalue weighted by Crippen LogP contribution is 2.10. The van der Waals surface area contributed by atoms with E-state index >= 15 is 0 Å². The van der Waals surface area contributed by atoms with Crippen molar-refractivity contribution in [3.63, 3.8) is 0 Å². The molecule has 0 spiro atoms. The van der Waals surface area contributed by atoms with E-state index in [1.165, 1.54) is 11.8 Å². The molecular weight excluding hydrogens is 457 g/mol. The third kappa shape index (κ3) is 6.78. The average Bonchev–Trinajstić information content (AvgIpc) is 3.03.